The molecule has 198 valence electrons. The fourth-order valence-corrected chi connectivity index (χ4v) is 7.14. The van der Waals surface area contributed by atoms with Crippen LogP contribution in [0.2, 0.25) is 10.0 Å². The van der Waals surface area contributed by atoms with Gasteiger partial charge in [-0.05, 0) is 55.3 Å². The largest absolute Gasteiger partial charge is 0.870 e. The molecule has 0 amide bonds. The van der Waals surface area contributed by atoms with Gasteiger partial charge in [-0.3, -0.25) is 9.35 Å². The average molecular weight is 604 g/mol. The molecule has 13 heteroatoms. The number of thioether (sulfide) groups is 1. The zero-order valence-corrected chi connectivity index (χ0v) is 23.7. The van der Waals surface area contributed by atoms with Crippen LogP contribution in [0.4, 0.5) is 5.69 Å². The van der Waals surface area contributed by atoms with Crippen molar-refractivity contribution in [1.82, 2.24) is 0 Å². The minimum Gasteiger partial charge on any atom is -0.870 e. The van der Waals surface area contributed by atoms with Gasteiger partial charge in [0.15, 0.2) is 6.54 Å². The highest BCUT2D eigenvalue weighted by Gasteiger charge is 2.37. The van der Waals surface area contributed by atoms with Crippen molar-refractivity contribution in [3.8, 4) is 0 Å². The fraction of sp³-hybridized carbons (Fsp3) is 0.250. The fourth-order valence-electron chi connectivity index (χ4n) is 3.91. The van der Waals surface area contributed by atoms with Crippen LogP contribution < -0.4 is 9.47 Å². The minimum absolute atomic E-state index is 0. The lowest BCUT2D eigenvalue weighted by Crippen LogP contribution is -2.47. The van der Waals surface area contributed by atoms with E-state index in [1.165, 1.54) is 11.3 Å². The zero-order valence-electron chi connectivity index (χ0n) is 19.8. The van der Waals surface area contributed by atoms with E-state index in [-0.39, 0.29) is 5.48 Å². The first-order valence-electron chi connectivity index (χ1n) is 11.0. The number of halogens is 2. The maximum absolute atomic E-state index is 11.8. The number of aromatic nitrogens is 1. The number of anilines is 1. The third kappa shape index (κ3) is 6.31. The normalized spacial score (nSPS) is 15.6. The van der Waals surface area contributed by atoms with Crippen LogP contribution in [0, 0.1) is 0 Å². The van der Waals surface area contributed by atoms with Crippen molar-refractivity contribution in [2.75, 3.05) is 11.4 Å². The number of aliphatic carboxylic acids is 1. The molecule has 37 heavy (non-hydrogen) atoms. The predicted octanol–water partition coefficient (Wildman–Crippen LogP) is 5.93. The van der Waals surface area contributed by atoms with Crippen LogP contribution in [0.1, 0.15) is 25.3 Å². The maximum atomic E-state index is 11.8. The lowest BCUT2D eigenvalue weighted by molar-refractivity contribution is -0.666. The summed E-state index contributed by atoms with van der Waals surface area (Å²) in [6, 6.07) is 11.0. The van der Waals surface area contributed by atoms with E-state index in [1.807, 2.05) is 31.2 Å². The highest BCUT2D eigenvalue weighted by Crippen LogP contribution is 2.47. The molecule has 8 nitrogen and oxygen atoms in total. The van der Waals surface area contributed by atoms with E-state index in [0.29, 0.717) is 27.0 Å². The number of hydrogen-bond donors (Lipinski definition) is 2. The molecular formula is C24H24Cl2N2O6S3. The van der Waals surface area contributed by atoms with Gasteiger partial charge in [0.25, 0.3) is 15.1 Å². The monoisotopic (exact) mass is 602 g/mol. The van der Waals surface area contributed by atoms with Crippen molar-refractivity contribution in [1.29, 1.82) is 0 Å². The molecule has 1 aliphatic heterocycles. The Morgan fingerprint density at radius 1 is 1.16 bits per heavy atom. The molecule has 4 rings (SSSR count). The Morgan fingerprint density at radius 3 is 2.46 bits per heavy atom. The second-order valence-corrected chi connectivity index (χ2v) is 12.6. The van der Waals surface area contributed by atoms with Crippen LogP contribution in [0.15, 0.2) is 58.0 Å². The lowest BCUT2D eigenvalue weighted by atomic mass is 10.2. The molecule has 0 spiro atoms. The molecule has 0 radical (unpaired) electrons. The Hall–Kier alpha value is -2.12. The molecule has 1 aliphatic rings. The van der Waals surface area contributed by atoms with Gasteiger partial charge in [-0.2, -0.15) is 13.0 Å². The molecule has 2 aromatic carbocycles. The molecule has 0 fully saturated rings. The van der Waals surface area contributed by atoms with Gasteiger partial charge in [0.2, 0.25) is 10.8 Å². The Bertz CT molecular complexity index is 1520. The summed E-state index contributed by atoms with van der Waals surface area (Å²) in [4.78, 5) is 15.0. The molecule has 0 saturated heterocycles. The van der Waals surface area contributed by atoms with E-state index >= 15 is 0 Å². The van der Waals surface area contributed by atoms with Crippen molar-refractivity contribution in [2.45, 2.75) is 37.0 Å². The minimum atomic E-state index is -4.84. The number of allylic oxidation sites excluding steroid dienone is 2. The molecule has 1 atom stereocenters. The Labute approximate surface area is 232 Å². The summed E-state index contributed by atoms with van der Waals surface area (Å²) < 4.78 is 35.6. The third-order valence-corrected chi connectivity index (χ3v) is 9.48. The summed E-state index contributed by atoms with van der Waals surface area (Å²) in [5, 5.41) is 10.2. The summed E-state index contributed by atoms with van der Waals surface area (Å²) in [6.07, 6.45) is 4.66. The van der Waals surface area contributed by atoms with Gasteiger partial charge in [-0.1, -0.05) is 53.2 Å². The van der Waals surface area contributed by atoms with Crippen LogP contribution in [0.3, 0.4) is 0 Å². The second kappa shape index (κ2) is 11.7. The first-order chi connectivity index (χ1) is 17.0. The summed E-state index contributed by atoms with van der Waals surface area (Å²) in [7, 11) is -4.84. The summed E-state index contributed by atoms with van der Waals surface area (Å²) >= 11 is 15.4. The van der Waals surface area contributed by atoms with Gasteiger partial charge >= 0.3 is 5.97 Å². The van der Waals surface area contributed by atoms with Gasteiger partial charge in [-0.25, -0.2) is 0 Å². The summed E-state index contributed by atoms with van der Waals surface area (Å²) in [5.41, 5.74) is 2.59. The van der Waals surface area contributed by atoms with Crippen molar-refractivity contribution < 1.29 is 32.9 Å². The van der Waals surface area contributed by atoms with Crippen molar-refractivity contribution in [3.63, 3.8) is 0 Å². The van der Waals surface area contributed by atoms with E-state index in [4.69, 9.17) is 23.2 Å². The highest BCUT2D eigenvalue weighted by molar-refractivity contribution is 8.03. The summed E-state index contributed by atoms with van der Waals surface area (Å²) in [6.45, 7) is 4.35. The first kappa shape index (κ1) is 29.4. The van der Waals surface area contributed by atoms with E-state index in [9.17, 15) is 22.9 Å². The van der Waals surface area contributed by atoms with Crippen LogP contribution in [-0.4, -0.2) is 41.3 Å². The van der Waals surface area contributed by atoms with Crippen LogP contribution in [0.5, 0.6) is 0 Å². The lowest BCUT2D eigenvalue weighted by Gasteiger charge is -2.18. The van der Waals surface area contributed by atoms with E-state index in [0.717, 1.165) is 32.4 Å². The van der Waals surface area contributed by atoms with Crippen LogP contribution in [0.25, 0.3) is 16.3 Å². The Morgan fingerprint density at radius 2 is 1.84 bits per heavy atom. The molecule has 1 aromatic heterocycles. The highest BCUT2D eigenvalue weighted by atomic mass is 35.5. The smallest absolute Gasteiger partial charge is 0.331 e. The zero-order chi connectivity index (χ0) is 26.2. The quantitative estimate of drug-likeness (QED) is 0.240. The number of hydrogen-bond acceptors (Lipinski definition) is 7. The third-order valence-electron chi connectivity index (χ3n) is 5.71. The van der Waals surface area contributed by atoms with Gasteiger partial charge in [0.1, 0.15) is 4.70 Å². The van der Waals surface area contributed by atoms with Crippen molar-refractivity contribution in [3.05, 3.63) is 68.1 Å². The molecule has 0 aliphatic carbocycles. The molecule has 1 unspecified atom stereocenters. The number of rotatable bonds is 8. The van der Waals surface area contributed by atoms with E-state index in [1.54, 1.807) is 34.5 Å². The van der Waals surface area contributed by atoms with Crippen LogP contribution >= 0.6 is 46.3 Å². The van der Waals surface area contributed by atoms with E-state index in [2.05, 4.69) is 17.9 Å². The van der Waals surface area contributed by atoms with Gasteiger partial charge in [0.05, 0.1) is 10.7 Å². The van der Waals surface area contributed by atoms with E-state index < -0.39 is 27.9 Å². The van der Waals surface area contributed by atoms with Gasteiger partial charge in [-0.15, -0.1) is 0 Å². The van der Waals surface area contributed by atoms with Crippen LogP contribution in [-0.2, 0) is 21.5 Å². The number of thiazole rings is 1. The van der Waals surface area contributed by atoms with Gasteiger partial charge in [0, 0.05) is 33.6 Å². The number of carboxylic acids is 1. The number of fused-ring (bicyclic) bond motifs is 2. The Balaban J connectivity index is 0.00000380. The summed E-state index contributed by atoms with van der Waals surface area (Å²) in [5.74, 6) is -1.63. The van der Waals surface area contributed by atoms with Crippen molar-refractivity contribution in [2.24, 2.45) is 0 Å². The second-order valence-electron chi connectivity index (χ2n) is 8.02. The topological polar surface area (TPSA) is 129 Å². The molecule has 0 saturated carbocycles. The predicted molar refractivity (Wildman–Crippen MR) is 149 cm³/mol. The van der Waals surface area contributed by atoms with Crippen molar-refractivity contribution >= 4 is 84.4 Å². The SMILES string of the molecule is CCC(=Cc1sc2ccc(Cl)cc2[n+]1CC(C(=O)O)S(=O)(=O)O)C=C1Sc2ccc(Cl)cc2N1CC.[OH-]. The number of benzene rings is 2. The first-order valence-corrected chi connectivity index (χ1v) is 14.9. The maximum Gasteiger partial charge on any atom is 0.331 e. The average Bonchev–Trinajstić information content (AvgIpc) is 3.31. The standard InChI is InChI=1S/C24H22Cl2N2O5S3.H2O/c1-3-14(9-22-27(4-2)17-11-15(25)5-7-19(17)34-22)10-23-28(13-21(24(29)30)36(31,32)33)18-12-16(26)6-8-20(18)35-23;/h5-12,21H,3-4,13H2,1-2H3,(H-,29,30,31,32,33);1H2. The molecule has 3 N–H and O–H groups in total. The molecule has 2 heterocycles. The number of carbonyl (C=O) groups is 1. The Kier molecular flexibility index (Phi) is 9.33. The van der Waals surface area contributed by atoms with Gasteiger partial charge < -0.3 is 15.5 Å². The molecular weight excluding hydrogens is 579 g/mol. The number of carboxylic acid groups (broad SMARTS) is 1. The number of nitrogens with zero attached hydrogens (tertiary/aromatic N) is 2. The molecule has 3 aromatic rings. The molecule has 0 bridgehead atoms.